The molecule has 4 N–H and O–H groups in total. The molecule has 0 spiro atoms. The molecule has 35 nitrogen and oxygen atoms in total. The molecule has 0 saturated heterocycles. The number of hydrogen-bond donors (Lipinski definition) is 4. The first kappa shape index (κ1) is 89.0. The summed E-state index contributed by atoms with van der Waals surface area (Å²) < 4.78 is 224. The van der Waals surface area contributed by atoms with E-state index in [9.17, 15) is 69.7 Å². The molecular formula is C51H100N4O31S6. The van der Waals surface area contributed by atoms with E-state index in [2.05, 4.69) is 21.3 Å². The van der Waals surface area contributed by atoms with Gasteiger partial charge < -0.3 is 63.9 Å². The van der Waals surface area contributed by atoms with Crippen molar-refractivity contribution in [3.8, 4) is 0 Å². The average Bonchev–Trinajstić information content (AvgIpc) is 0.986. The van der Waals surface area contributed by atoms with Gasteiger partial charge in [0, 0.05) is 11.1 Å². The van der Waals surface area contributed by atoms with Crippen LogP contribution in [0.15, 0.2) is 0 Å². The summed E-state index contributed by atoms with van der Waals surface area (Å²) in [4.78, 5) is 51.9. The monoisotopic (exact) mass is 1460 g/mol. The standard InChI is InChI=1S/C51H100N4O31S6/c1-13-48(14-2,15-3)52-43(56)29-74-22-26-78-34-47(35-79-27-23-75-30-44(57)53-49(16-4,17-5)18-6,36-80-28-24-76-32-46(59)55-51(40-84-90(10,66)67,41-85-91(11,68)69)42-86-92(12,70)71)33-77-25-20-72-19-21-73-31-45(58)54-50(37-81-87(7,60)61,38-82-88(8,62)63)39-83-89(9,64)65/h13-42H2,1-12H3,(H,52,56)(H,53,57)(H,54,58)(H,55,59). The molecule has 0 radical (unpaired) electrons. The van der Waals surface area contributed by atoms with Crippen molar-refractivity contribution in [2.24, 2.45) is 5.41 Å². The minimum absolute atomic E-state index is 0.0156. The van der Waals surface area contributed by atoms with Crippen molar-refractivity contribution in [3.05, 3.63) is 0 Å². The summed E-state index contributed by atoms with van der Waals surface area (Å²) >= 11 is 0. The summed E-state index contributed by atoms with van der Waals surface area (Å²) in [5, 5.41) is 10.6. The minimum Gasteiger partial charge on any atom is -0.378 e. The number of amides is 4. The molecule has 41 heteroatoms. The fourth-order valence-electron chi connectivity index (χ4n) is 7.90. The molecule has 546 valence electrons. The first-order valence-corrected chi connectivity index (χ1v) is 39.9. The lowest BCUT2D eigenvalue weighted by atomic mass is 9.90. The molecule has 0 aromatic heterocycles. The number of carbonyl (C=O) groups excluding carboxylic acids is 4. The molecule has 0 aliphatic rings. The Morgan fingerprint density at radius 2 is 0.413 bits per heavy atom. The van der Waals surface area contributed by atoms with Crippen LogP contribution in [0.2, 0.25) is 0 Å². The fourth-order valence-corrected chi connectivity index (χ4v) is 10.5. The van der Waals surface area contributed by atoms with E-state index in [1.807, 2.05) is 41.5 Å². The Morgan fingerprint density at radius 3 is 0.587 bits per heavy atom. The third-order valence-corrected chi connectivity index (χ3v) is 16.7. The van der Waals surface area contributed by atoms with E-state index in [4.69, 9.17) is 67.7 Å². The van der Waals surface area contributed by atoms with Crippen LogP contribution in [-0.2, 0) is 148 Å². The van der Waals surface area contributed by atoms with Gasteiger partial charge in [0.25, 0.3) is 60.7 Å². The van der Waals surface area contributed by atoms with E-state index < -0.39 is 142 Å². The van der Waals surface area contributed by atoms with Gasteiger partial charge in [0.05, 0.1) is 175 Å². The lowest BCUT2D eigenvalue weighted by Gasteiger charge is -2.33. The largest absolute Gasteiger partial charge is 0.378 e. The third kappa shape index (κ3) is 44.7. The predicted octanol–water partition coefficient (Wildman–Crippen LogP) is -2.14. The zero-order valence-electron chi connectivity index (χ0n) is 54.8. The Bertz CT molecular complexity index is 2640. The Hall–Kier alpha value is -3.02. The van der Waals surface area contributed by atoms with Crippen molar-refractivity contribution in [2.45, 2.75) is 102 Å². The topological polar surface area (TPSA) is 460 Å². The number of carbonyl (C=O) groups is 4. The maximum atomic E-state index is 13.2. The van der Waals surface area contributed by atoms with Gasteiger partial charge in [-0.3, -0.25) is 44.3 Å². The van der Waals surface area contributed by atoms with Crippen LogP contribution in [0.1, 0.15) is 80.1 Å². The molecule has 0 saturated carbocycles. The molecule has 0 aliphatic carbocycles. The van der Waals surface area contributed by atoms with Gasteiger partial charge in [-0.25, -0.2) is 0 Å². The third-order valence-electron chi connectivity index (χ3n) is 13.4. The molecule has 4 amide bonds. The zero-order chi connectivity index (χ0) is 70.5. The van der Waals surface area contributed by atoms with Crippen LogP contribution in [0.5, 0.6) is 0 Å². The summed E-state index contributed by atoms with van der Waals surface area (Å²) in [5.41, 5.74) is -6.34. The molecule has 0 atom stereocenters. The zero-order valence-corrected chi connectivity index (χ0v) is 59.7. The highest BCUT2D eigenvalue weighted by Gasteiger charge is 2.40. The van der Waals surface area contributed by atoms with Crippen molar-refractivity contribution in [2.75, 3.05) is 196 Å². The molecule has 0 rings (SSSR count). The lowest BCUT2D eigenvalue weighted by molar-refractivity contribution is -0.134. The summed E-state index contributed by atoms with van der Waals surface area (Å²) in [6.45, 7) is 2.06. The van der Waals surface area contributed by atoms with Crippen LogP contribution in [-0.4, -0.2) is 292 Å². The molecule has 0 heterocycles. The van der Waals surface area contributed by atoms with Crippen LogP contribution < -0.4 is 21.3 Å². The Morgan fingerprint density at radius 1 is 0.250 bits per heavy atom. The smallest absolute Gasteiger partial charge is 0.264 e. The van der Waals surface area contributed by atoms with Gasteiger partial charge in [0.1, 0.15) is 37.5 Å². The lowest BCUT2D eigenvalue weighted by Crippen LogP contribution is -2.60. The highest BCUT2D eigenvalue weighted by atomic mass is 32.2. The van der Waals surface area contributed by atoms with Crippen LogP contribution in [0, 0.1) is 5.41 Å². The fraction of sp³-hybridized carbons (Fsp3) is 0.922. The van der Waals surface area contributed by atoms with E-state index in [1.54, 1.807) is 0 Å². The van der Waals surface area contributed by atoms with E-state index >= 15 is 0 Å². The Labute approximate surface area is 544 Å². The number of hydrogen-bond acceptors (Lipinski definition) is 31. The highest BCUT2D eigenvalue weighted by molar-refractivity contribution is 7.87. The van der Waals surface area contributed by atoms with Crippen LogP contribution in [0.4, 0.5) is 0 Å². The molecule has 0 aromatic carbocycles. The Balaban J connectivity index is 6.49. The van der Waals surface area contributed by atoms with E-state index in [-0.39, 0.29) is 129 Å². The maximum Gasteiger partial charge on any atom is 0.264 e. The van der Waals surface area contributed by atoms with Crippen molar-refractivity contribution in [1.29, 1.82) is 0 Å². The van der Waals surface area contributed by atoms with Gasteiger partial charge in [0.2, 0.25) is 23.6 Å². The summed E-state index contributed by atoms with van der Waals surface area (Å²) in [7, 11) is -25.5. The number of nitrogens with one attached hydrogen (secondary N) is 4. The molecule has 0 bridgehead atoms. The van der Waals surface area contributed by atoms with Crippen molar-refractivity contribution >= 4 is 84.3 Å². The van der Waals surface area contributed by atoms with Gasteiger partial charge in [-0.15, -0.1) is 0 Å². The van der Waals surface area contributed by atoms with E-state index in [0.717, 1.165) is 0 Å². The van der Waals surface area contributed by atoms with Gasteiger partial charge >= 0.3 is 0 Å². The van der Waals surface area contributed by atoms with Gasteiger partial charge in [-0.1, -0.05) is 41.5 Å². The first-order valence-electron chi connectivity index (χ1n) is 29.0. The second-order valence-corrected chi connectivity index (χ2v) is 31.6. The second kappa shape index (κ2) is 43.3. The predicted molar refractivity (Wildman–Crippen MR) is 330 cm³/mol. The van der Waals surface area contributed by atoms with Crippen LogP contribution in [0.25, 0.3) is 0 Å². The van der Waals surface area contributed by atoms with E-state index in [0.29, 0.717) is 76.1 Å². The van der Waals surface area contributed by atoms with E-state index in [1.165, 1.54) is 0 Å². The maximum absolute atomic E-state index is 13.2. The van der Waals surface area contributed by atoms with Gasteiger partial charge in [-0.2, -0.15) is 50.5 Å². The summed E-state index contributed by atoms with van der Waals surface area (Å²) in [5.74, 6) is -2.63. The van der Waals surface area contributed by atoms with Crippen molar-refractivity contribution < 1.29 is 137 Å². The number of rotatable bonds is 59. The second-order valence-electron chi connectivity index (χ2n) is 21.8. The quantitative estimate of drug-likeness (QED) is 0.0373. The first-order chi connectivity index (χ1) is 42.5. The molecule has 0 fully saturated rings. The molecule has 0 unspecified atom stereocenters. The Kier molecular flexibility index (Phi) is 41.9. The molecule has 0 aliphatic heterocycles. The molecule has 92 heavy (non-hydrogen) atoms. The normalized spacial score (nSPS) is 13.5. The molecule has 0 aromatic rings. The van der Waals surface area contributed by atoms with Crippen molar-refractivity contribution in [3.63, 3.8) is 0 Å². The number of ether oxygens (including phenoxy) is 9. The minimum atomic E-state index is -4.26. The van der Waals surface area contributed by atoms with Crippen molar-refractivity contribution in [1.82, 2.24) is 21.3 Å². The molecular weight excluding hydrogens is 1360 g/mol. The van der Waals surface area contributed by atoms with Gasteiger partial charge in [0.15, 0.2) is 0 Å². The SMILES string of the molecule is CCC(CC)(CC)NC(=O)COCCOCC(COCCOCCOCC(=O)NC(COS(C)(=O)=O)(COS(C)(=O)=O)COS(C)(=O)=O)(COCCOCC(=O)NC(CC)(CC)CC)COCCOCC(=O)NC(COS(C)(=O)=O)(COS(C)(=O)=O)COS(C)(=O)=O. The summed E-state index contributed by atoms with van der Waals surface area (Å²) in [6.07, 6.45) is 8.22. The van der Waals surface area contributed by atoms with Crippen LogP contribution in [0.3, 0.4) is 0 Å². The highest BCUT2D eigenvalue weighted by Crippen LogP contribution is 2.23. The summed E-state index contributed by atoms with van der Waals surface area (Å²) in [6, 6.07) is 0. The van der Waals surface area contributed by atoms with Crippen LogP contribution >= 0.6 is 0 Å². The average molecular weight is 1460 g/mol. The van der Waals surface area contributed by atoms with Gasteiger partial charge in [-0.05, 0) is 38.5 Å².